The number of carbonyl (C=O) groups is 1. The van der Waals surface area contributed by atoms with Gasteiger partial charge < -0.3 is 9.47 Å². The molecule has 0 amide bonds. The molecule has 0 aliphatic heterocycles. The van der Waals surface area contributed by atoms with E-state index >= 15 is 0 Å². The highest BCUT2D eigenvalue weighted by Gasteiger charge is 2.23. The first-order valence-electron chi connectivity index (χ1n) is 6.81. The van der Waals surface area contributed by atoms with Gasteiger partial charge in [0.2, 0.25) is 0 Å². The summed E-state index contributed by atoms with van der Waals surface area (Å²) < 4.78 is 38.0. The van der Waals surface area contributed by atoms with Crippen LogP contribution < -0.4 is 9.46 Å². The van der Waals surface area contributed by atoms with E-state index < -0.39 is 16.0 Å². The third-order valence-corrected chi connectivity index (χ3v) is 5.29. The van der Waals surface area contributed by atoms with Crippen LogP contribution in [0.3, 0.4) is 0 Å². The van der Waals surface area contributed by atoms with E-state index in [1.54, 1.807) is 12.1 Å². The van der Waals surface area contributed by atoms with Crippen LogP contribution in [0.25, 0.3) is 0 Å². The van der Waals surface area contributed by atoms with Crippen molar-refractivity contribution >= 4 is 37.6 Å². The second-order valence-electron chi connectivity index (χ2n) is 4.77. The Morgan fingerprint density at radius 1 is 1.20 bits per heavy atom. The number of ether oxygens (including phenoxy) is 2. The van der Waals surface area contributed by atoms with E-state index in [1.807, 2.05) is 6.07 Å². The van der Waals surface area contributed by atoms with Gasteiger partial charge in [-0.2, -0.15) is 5.26 Å². The van der Waals surface area contributed by atoms with Gasteiger partial charge in [-0.1, -0.05) is 0 Å². The summed E-state index contributed by atoms with van der Waals surface area (Å²) in [6.45, 7) is 0. The molecular formula is C16H13BrN2O5S. The van der Waals surface area contributed by atoms with Crippen LogP contribution >= 0.6 is 15.9 Å². The number of hydrogen-bond donors (Lipinski definition) is 1. The first-order chi connectivity index (χ1) is 11.8. The summed E-state index contributed by atoms with van der Waals surface area (Å²) in [5.74, 6) is -0.612. The Hall–Kier alpha value is -2.57. The van der Waals surface area contributed by atoms with Crippen LogP contribution in [0.5, 0.6) is 5.75 Å². The fourth-order valence-corrected chi connectivity index (χ4v) is 3.75. The molecule has 0 aliphatic rings. The molecule has 7 nitrogen and oxygen atoms in total. The third-order valence-electron chi connectivity index (χ3n) is 3.21. The second-order valence-corrected chi connectivity index (χ2v) is 7.27. The SMILES string of the molecule is COC(=O)c1ccc(OC)c(S(=O)(=O)Nc2cc(C#N)ccc2Br)c1. The molecule has 25 heavy (non-hydrogen) atoms. The first kappa shape index (κ1) is 18.8. The predicted octanol–water partition coefficient (Wildman–Crippen LogP) is 2.92. The Labute approximate surface area is 153 Å². The molecule has 0 atom stereocenters. The summed E-state index contributed by atoms with van der Waals surface area (Å²) in [5.41, 5.74) is 0.536. The van der Waals surface area contributed by atoms with E-state index in [0.29, 0.717) is 4.47 Å². The van der Waals surface area contributed by atoms with E-state index in [-0.39, 0.29) is 27.5 Å². The summed E-state index contributed by atoms with van der Waals surface area (Å²) in [6, 6.07) is 10.3. The number of halogens is 1. The Kier molecular flexibility index (Phi) is 5.66. The summed E-state index contributed by atoms with van der Waals surface area (Å²) in [6.07, 6.45) is 0. The van der Waals surface area contributed by atoms with E-state index in [0.717, 1.165) is 6.07 Å². The molecule has 0 radical (unpaired) electrons. The van der Waals surface area contributed by atoms with Gasteiger partial charge in [-0.25, -0.2) is 13.2 Å². The number of nitrogens with one attached hydrogen (secondary N) is 1. The normalized spacial score (nSPS) is 10.6. The lowest BCUT2D eigenvalue weighted by molar-refractivity contribution is 0.0600. The molecule has 0 fully saturated rings. The van der Waals surface area contributed by atoms with Crippen molar-refractivity contribution in [2.24, 2.45) is 0 Å². The maximum absolute atomic E-state index is 12.7. The average Bonchev–Trinajstić information content (AvgIpc) is 2.62. The first-order valence-corrected chi connectivity index (χ1v) is 9.09. The molecule has 0 heterocycles. The molecule has 130 valence electrons. The minimum absolute atomic E-state index is 0.0627. The maximum atomic E-state index is 12.7. The standard InChI is InChI=1S/C16H13BrN2O5S/c1-23-14-6-4-11(16(20)24-2)8-15(14)25(21,22)19-13-7-10(9-18)3-5-12(13)17/h3-8,19H,1-2H3. The number of methoxy groups -OCH3 is 2. The molecule has 2 aromatic rings. The van der Waals surface area contributed by atoms with Crippen LogP contribution in [0.2, 0.25) is 0 Å². The van der Waals surface area contributed by atoms with Crippen LogP contribution in [-0.2, 0) is 14.8 Å². The van der Waals surface area contributed by atoms with Gasteiger partial charge >= 0.3 is 5.97 Å². The lowest BCUT2D eigenvalue weighted by Gasteiger charge is -2.13. The van der Waals surface area contributed by atoms with Gasteiger partial charge in [-0.3, -0.25) is 4.72 Å². The molecule has 0 bridgehead atoms. The van der Waals surface area contributed by atoms with Crippen molar-refractivity contribution in [2.45, 2.75) is 4.90 Å². The largest absolute Gasteiger partial charge is 0.495 e. The summed E-state index contributed by atoms with van der Waals surface area (Å²) in [4.78, 5) is 11.4. The molecule has 0 aliphatic carbocycles. The topological polar surface area (TPSA) is 105 Å². The highest BCUT2D eigenvalue weighted by Crippen LogP contribution is 2.30. The van der Waals surface area contributed by atoms with Crippen molar-refractivity contribution in [2.75, 3.05) is 18.9 Å². The van der Waals surface area contributed by atoms with Crippen LogP contribution in [-0.4, -0.2) is 28.6 Å². The summed E-state index contributed by atoms with van der Waals surface area (Å²) in [7, 11) is -1.57. The van der Waals surface area contributed by atoms with Crippen molar-refractivity contribution in [1.82, 2.24) is 0 Å². The Balaban J connectivity index is 2.53. The fourth-order valence-electron chi connectivity index (χ4n) is 2.00. The van der Waals surface area contributed by atoms with Crippen molar-refractivity contribution in [3.8, 4) is 11.8 Å². The Morgan fingerprint density at radius 3 is 2.52 bits per heavy atom. The lowest BCUT2D eigenvalue weighted by Crippen LogP contribution is -2.15. The number of hydrogen-bond acceptors (Lipinski definition) is 6. The third kappa shape index (κ3) is 4.10. The number of benzene rings is 2. The number of nitriles is 1. The number of anilines is 1. The number of carbonyl (C=O) groups excluding carboxylic acids is 1. The Morgan fingerprint density at radius 2 is 1.92 bits per heavy atom. The van der Waals surface area contributed by atoms with Gasteiger partial charge in [0.25, 0.3) is 10.0 Å². The summed E-state index contributed by atoms with van der Waals surface area (Å²) in [5, 5.41) is 8.96. The van der Waals surface area contributed by atoms with Crippen molar-refractivity contribution in [3.63, 3.8) is 0 Å². The second kappa shape index (κ2) is 7.55. The molecule has 0 spiro atoms. The van der Waals surface area contributed by atoms with Crippen LogP contribution in [0.4, 0.5) is 5.69 Å². The highest BCUT2D eigenvalue weighted by molar-refractivity contribution is 9.10. The Bertz CT molecular complexity index is 967. The molecule has 9 heteroatoms. The van der Waals surface area contributed by atoms with Crippen molar-refractivity contribution in [1.29, 1.82) is 5.26 Å². The van der Waals surface area contributed by atoms with Gasteiger partial charge in [-0.05, 0) is 52.3 Å². The zero-order chi connectivity index (χ0) is 18.6. The number of rotatable bonds is 5. The number of nitrogens with zero attached hydrogens (tertiary/aromatic N) is 1. The minimum atomic E-state index is -4.09. The zero-order valence-corrected chi connectivity index (χ0v) is 15.6. The van der Waals surface area contributed by atoms with Crippen molar-refractivity contribution < 1.29 is 22.7 Å². The van der Waals surface area contributed by atoms with Crippen LogP contribution in [0, 0.1) is 11.3 Å². The van der Waals surface area contributed by atoms with E-state index in [9.17, 15) is 13.2 Å². The highest BCUT2D eigenvalue weighted by atomic mass is 79.9. The average molecular weight is 425 g/mol. The van der Waals surface area contributed by atoms with Gasteiger partial charge in [0.1, 0.15) is 10.6 Å². The molecule has 2 aromatic carbocycles. The molecular weight excluding hydrogens is 412 g/mol. The molecule has 0 saturated heterocycles. The van der Waals surface area contributed by atoms with Gasteiger partial charge in [-0.15, -0.1) is 0 Å². The number of sulfonamides is 1. The van der Waals surface area contributed by atoms with E-state index in [4.69, 9.17) is 10.00 Å². The number of esters is 1. The van der Waals surface area contributed by atoms with Gasteiger partial charge in [0.15, 0.2) is 0 Å². The minimum Gasteiger partial charge on any atom is -0.495 e. The monoisotopic (exact) mass is 424 g/mol. The van der Waals surface area contributed by atoms with Crippen LogP contribution in [0.1, 0.15) is 15.9 Å². The molecule has 1 N–H and O–H groups in total. The van der Waals surface area contributed by atoms with E-state index in [1.165, 1.54) is 32.4 Å². The molecule has 0 saturated carbocycles. The zero-order valence-electron chi connectivity index (χ0n) is 13.2. The molecule has 2 rings (SSSR count). The van der Waals surface area contributed by atoms with Crippen LogP contribution in [0.15, 0.2) is 45.8 Å². The molecule has 0 unspecified atom stereocenters. The van der Waals surface area contributed by atoms with E-state index in [2.05, 4.69) is 25.4 Å². The van der Waals surface area contributed by atoms with Gasteiger partial charge in [0, 0.05) is 4.47 Å². The predicted molar refractivity (Wildman–Crippen MR) is 94.0 cm³/mol. The molecule has 0 aromatic heterocycles. The lowest BCUT2D eigenvalue weighted by atomic mass is 10.2. The quantitative estimate of drug-likeness (QED) is 0.739. The van der Waals surface area contributed by atoms with Crippen molar-refractivity contribution in [3.05, 3.63) is 52.0 Å². The maximum Gasteiger partial charge on any atom is 0.337 e. The summed E-state index contributed by atoms with van der Waals surface area (Å²) >= 11 is 3.23. The fraction of sp³-hybridized carbons (Fsp3) is 0.125. The van der Waals surface area contributed by atoms with Gasteiger partial charge in [0.05, 0.1) is 37.1 Å². The smallest absolute Gasteiger partial charge is 0.337 e.